The molecule has 2 aromatic rings. The van der Waals surface area contributed by atoms with Crippen molar-refractivity contribution in [1.82, 2.24) is 4.90 Å². The highest BCUT2D eigenvalue weighted by Crippen LogP contribution is 2.47. The van der Waals surface area contributed by atoms with Gasteiger partial charge in [0.2, 0.25) is 0 Å². The lowest BCUT2D eigenvalue weighted by molar-refractivity contribution is -0.0600. The van der Waals surface area contributed by atoms with Crippen LogP contribution in [0.5, 0.6) is 0 Å². The van der Waals surface area contributed by atoms with E-state index in [1.54, 1.807) is 0 Å². The number of hydrogen-bond donors (Lipinski definition) is 1. The minimum absolute atomic E-state index is 0.499. The first-order valence-electron chi connectivity index (χ1n) is 9.30. The van der Waals surface area contributed by atoms with Gasteiger partial charge in [-0.25, -0.2) is 0 Å². The maximum atomic E-state index is 11.5. The van der Waals surface area contributed by atoms with E-state index < -0.39 is 5.60 Å². The van der Waals surface area contributed by atoms with Crippen molar-refractivity contribution in [3.63, 3.8) is 0 Å². The lowest BCUT2D eigenvalue weighted by atomic mass is 9.78. The Morgan fingerprint density at radius 3 is 2.25 bits per heavy atom. The van der Waals surface area contributed by atoms with Crippen LogP contribution in [0.1, 0.15) is 49.3 Å². The summed E-state index contributed by atoms with van der Waals surface area (Å²) in [6.45, 7) is 3.20. The van der Waals surface area contributed by atoms with Gasteiger partial charge in [0.15, 0.2) is 0 Å². The molecule has 2 aliphatic rings. The van der Waals surface area contributed by atoms with Gasteiger partial charge in [0.25, 0.3) is 0 Å². The van der Waals surface area contributed by atoms with Gasteiger partial charge in [-0.3, -0.25) is 4.90 Å². The van der Waals surface area contributed by atoms with E-state index in [4.69, 9.17) is 0 Å². The highest BCUT2D eigenvalue weighted by molar-refractivity contribution is 5.34. The first-order valence-corrected chi connectivity index (χ1v) is 9.30. The SMILES string of the molecule is CCc1ccccc1C1(O)CC2CCC(C1)N2Cc1ccccc1. The van der Waals surface area contributed by atoms with Gasteiger partial charge in [-0.1, -0.05) is 61.5 Å². The molecule has 2 unspecified atom stereocenters. The van der Waals surface area contributed by atoms with Crippen LogP contribution in [0.15, 0.2) is 54.6 Å². The van der Waals surface area contributed by atoms with Crippen LogP contribution < -0.4 is 0 Å². The smallest absolute Gasteiger partial charge is 0.0929 e. The Labute approximate surface area is 145 Å². The lowest BCUT2D eigenvalue weighted by Gasteiger charge is -2.44. The van der Waals surface area contributed by atoms with Crippen molar-refractivity contribution in [2.24, 2.45) is 0 Å². The molecule has 2 fully saturated rings. The van der Waals surface area contributed by atoms with Crippen LogP contribution in [0.2, 0.25) is 0 Å². The predicted molar refractivity (Wildman–Crippen MR) is 97.7 cm³/mol. The third-order valence-electron chi connectivity index (χ3n) is 6.03. The molecule has 24 heavy (non-hydrogen) atoms. The lowest BCUT2D eigenvalue weighted by Crippen LogP contribution is -2.49. The van der Waals surface area contributed by atoms with Gasteiger partial charge in [0, 0.05) is 18.6 Å². The Balaban J connectivity index is 1.57. The second-order valence-electron chi connectivity index (χ2n) is 7.49. The monoisotopic (exact) mass is 321 g/mol. The third-order valence-corrected chi connectivity index (χ3v) is 6.03. The topological polar surface area (TPSA) is 23.5 Å². The number of piperidine rings is 1. The Morgan fingerprint density at radius 1 is 0.958 bits per heavy atom. The fourth-order valence-electron chi connectivity index (χ4n) is 4.87. The van der Waals surface area contributed by atoms with Crippen molar-refractivity contribution in [3.8, 4) is 0 Å². The first kappa shape index (κ1) is 15.9. The summed E-state index contributed by atoms with van der Waals surface area (Å²) in [4.78, 5) is 2.64. The molecule has 1 N–H and O–H groups in total. The normalized spacial score (nSPS) is 29.8. The number of aliphatic hydroxyl groups is 1. The molecule has 2 atom stereocenters. The van der Waals surface area contributed by atoms with Gasteiger partial charge in [-0.15, -0.1) is 0 Å². The standard InChI is InChI=1S/C22H27NO/c1-2-18-10-6-7-11-21(18)22(24)14-19-12-13-20(15-22)23(19)16-17-8-4-3-5-9-17/h3-11,19-20,24H,2,12-16H2,1H3. The average molecular weight is 321 g/mol. The van der Waals surface area contributed by atoms with E-state index in [0.717, 1.165) is 25.8 Å². The molecule has 0 aromatic heterocycles. The fourth-order valence-corrected chi connectivity index (χ4v) is 4.87. The van der Waals surface area contributed by atoms with E-state index in [2.05, 4.69) is 66.4 Å². The van der Waals surface area contributed by atoms with E-state index >= 15 is 0 Å². The molecule has 2 aromatic carbocycles. The van der Waals surface area contributed by atoms with E-state index in [1.807, 2.05) is 0 Å². The molecule has 0 saturated carbocycles. The van der Waals surface area contributed by atoms with Gasteiger partial charge in [-0.05, 0) is 48.8 Å². The van der Waals surface area contributed by atoms with Gasteiger partial charge in [0.05, 0.1) is 5.60 Å². The van der Waals surface area contributed by atoms with Gasteiger partial charge >= 0.3 is 0 Å². The van der Waals surface area contributed by atoms with Crippen LogP contribution in [0.4, 0.5) is 0 Å². The predicted octanol–water partition coefficient (Wildman–Crippen LogP) is 4.26. The quantitative estimate of drug-likeness (QED) is 0.909. The fraction of sp³-hybridized carbons (Fsp3) is 0.455. The van der Waals surface area contributed by atoms with E-state index in [9.17, 15) is 5.11 Å². The van der Waals surface area contributed by atoms with Crippen molar-refractivity contribution in [2.45, 2.75) is 63.3 Å². The molecule has 0 aliphatic carbocycles. The van der Waals surface area contributed by atoms with Gasteiger partial charge < -0.3 is 5.11 Å². The Bertz CT molecular complexity index is 682. The highest BCUT2D eigenvalue weighted by atomic mass is 16.3. The molecule has 0 amide bonds. The maximum Gasteiger partial charge on any atom is 0.0929 e. The summed E-state index contributed by atoms with van der Waals surface area (Å²) < 4.78 is 0. The van der Waals surface area contributed by atoms with E-state index in [-0.39, 0.29) is 0 Å². The van der Waals surface area contributed by atoms with Crippen molar-refractivity contribution < 1.29 is 5.11 Å². The van der Waals surface area contributed by atoms with E-state index in [0.29, 0.717) is 12.1 Å². The summed E-state index contributed by atoms with van der Waals surface area (Å²) in [7, 11) is 0. The third kappa shape index (κ3) is 2.78. The van der Waals surface area contributed by atoms with Crippen LogP contribution in [0.25, 0.3) is 0 Å². The molecular formula is C22H27NO. The summed E-state index contributed by atoms with van der Waals surface area (Å²) >= 11 is 0. The van der Waals surface area contributed by atoms with Crippen molar-refractivity contribution in [1.29, 1.82) is 0 Å². The van der Waals surface area contributed by atoms with Crippen LogP contribution >= 0.6 is 0 Å². The average Bonchev–Trinajstić information content (AvgIpc) is 2.86. The second kappa shape index (κ2) is 6.34. The molecule has 126 valence electrons. The summed E-state index contributed by atoms with van der Waals surface area (Å²) in [6.07, 6.45) is 5.16. The Hall–Kier alpha value is -1.64. The van der Waals surface area contributed by atoms with Crippen LogP contribution in [-0.4, -0.2) is 22.1 Å². The minimum Gasteiger partial charge on any atom is -0.385 e. The van der Waals surface area contributed by atoms with Crippen LogP contribution in [-0.2, 0) is 18.6 Å². The van der Waals surface area contributed by atoms with Crippen molar-refractivity contribution in [2.75, 3.05) is 0 Å². The highest BCUT2D eigenvalue weighted by Gasteiger charge is 2.48. The molecule has 2 bridgehead atoms. The van der Waals surface area contributed by atoms with E-state index in [1.165, 1.54) is 29.5 Å². The van der Waals surface area contributed by atoms with Crippen molar-refractivity contribution >= 4 is 0 Å². The molecule has 2 saturated heterocycles. The zero-order chi connectivity index (χ0) is 16.6. The summed E-state index contributed by atoms with van der Waals surface area (Å²) in [5.41, 5.74) is 3.21. The van der Waals surface area contributed by atoms with Crippen LogP contribution in [0, 0.1) is 0 Å². The molecule has 0 spiro atoms. The molecule has 2 aliphatic heterocycles. The number of rotatable bonds is 4. The molecule has 2 nitrogen and oxygen atoms in total. The maximum absolute atomic E-state index is 11.5. The molecular weight excluding hydrogens is 294 g/mol. The number of nitrogens with zero attached hydrogens (tertiary/aromatic N) is 1. The van der Waals surface area contributed by atoms with Crippen LogP contribution in [0.3, 0.4) is 0 Å². The summed E-state index contributed by atoms with van der Waals surface area (Å²) in [5.74, 6) is 0. The summed E-state index contributed by atoms with van der Waals surface area (Å²) in [5, 5.41) is 11.5. The number of hydrogen-bond acceptors (Lipinski definition) is 2. The second-order valence-corrected chi connectivity index (χ2v) is 7.49. The number of aryl methyl sites for hydroxylation is 1. The molecule has 2 heterocycles. The summed E-state index contributed by atoms with van der Waals surface area (Å²) in [6, 6.07) is 20.2. The Kier molecular flexibility index (Phi) is 4.19. The number of fused-ring (bicyclic) bond motifs is 2. The zero-order valence-corrected chi connectivity index (χ0v) is 14.5. The molecule has 0 radical (unpaired) electrons. The van der Waals surface area contributed by atoms with Gasteiger partial charge in [-0.2, -0.15) is 0 Å². The van der Waals surface area contributed by atoms with Gasteiger partial charge in [0.1, 0.15) is 0 Å². The first-order chi connectivity index (χ1) is 11.7. The molecule has 2 heteroatoms. The number of benzene rings is 2. The minimum atomic E-state index is -0.647. The van der Waals surface area contributed by atoms with Crippen molar-refractivity contribution in [3.05, 3.63) is 71.3 Å². The Morgan fingerprint density at radius 2 is 1.58 bits per heavy atom. The zero-order valence-electron chi connectivity index (χ0n) is 14.5. The largest absolute Gasteiger partial charge is 0.385 e. The molecule has 4 rings (SSSR count).